The largest absolute Gasteiger partial charge is 0.391 e. The van der Waals surface area contributed by atoms with Gasteiger partial charge in [-0.1, -0.05) is 0 Å². The van der Waals surface area contributed by atoms with E-state index in [1.807, 2.05) is 0 Å². The molecule has 0 spiro atoms. The monoisotopic (exact) mass is 242 g/mol. The molecule has 5 atom stereocenters. The molecule has 3 fully saturated rings. The van der Waals surface area contributed by atoms with Gasteiger partial charge < -0.3 is 15.3 Å². The lowest BCUT2D eigenvalue weighted by Crippen LogP contribution is -2.65. The van der Waals surface area contributed by atoms with Crippen LogP contribution in [0.2, 0.25) is 0 Å². The molecule has 98 valence electrons. The van der Waals surface area contributed by atoms with Gasteiger partial charge in [0.05, 0.1) is 30.4 Å². The third kappa shape index (κ3) is 1.90. The minimum atomic E-state index is -0.813. The van der Waals surface area contributed by atoms with Gasteiger partial charge in [0.25, 0.3) is 0 Å². The van der Waals surface area contributed by atoms with Crippen LogP contribution in [0.5, 0.6) is 0 Å². The molecule has 5 nitrogen and oxygen atoms in total. The molecule has 0 amide bonds. The second-order valence-electron chi connectivity index (χ2n) is 5.63. The summed E-state index contributed by atoms with van der Waals surface area (Å²) in [5.74, 6) is 0. The zero-order chi connectivity index (χ0) is 12.0. The van der Waals surface area contributed by atoms with Crippen LogP contribution in [0.15, 0.2) is 0 Å². The van der Waals surface area contributed by atoms with E-state index >= 15 is 0 Å². The number of hydrogen-bond acceptors (Lipinski definition) is 5. The molecule has 3 aliphatic heterocycles. The van der Waals surface area contributed by atoms with Crippen molar-refractivity contribution in [3.05, 3.63) is 0 Å². The van der Waals surface area contributed by atoms with E-state index in [9.17, 15) is 15.3 Å². The number of likely N-dealkylation sites (tertiary alicyclic amines) is 1. The SMILES string of the molecule is O[C@H]1[C@H](O)[C@@H](N2CCCC2)CN2CC[C@H](O)[C@H]12. The molecule has 3 heterocycles. The molecular weight excluding hydrogens is 220 g/mol. The number of aliphatic hydroxyl groups is 3. The van der Waals surface area contributed by atoms with Crippen LogP contribution >= 0.6 is 0 Å². The van der Waals surface area contributed by atoms with E-state index in [0.29, 0.717) is 6.42 Å². The van der Waals surface area contributed by atoms with E-state index in [1.54, 1.807) is 0 Å². The van der Waals surface area contributed by atoms with Crippen molar-refractivity contribution in [2.45, 2.75) is 49.7 Å². The Morgan fingerprint density at radius 3 is 2.24 bits per heavy atom. The van der Waals surface area contributed by atoms with Crippen molar-refractivity contribution in [2.75, 3.05) is 26.2 Å². The highest BCUT2D eigenvalue weighted by atomic mass is 16.3. The van der Waals surface area contributed by atoms with Gasteiger partial charge in [-0.2, -0.15) is 0 Å². The summed E-state index contributed by atoms with van der Waals surface area (Å²) in [6, 6.07) is -0.224. The van der Waals surface area contributed by atoms with Gasteiger partial charge in [-0.15, -0.1) is 0 Å². The fourth-order valence-corrected chi connectivity index (χ4v) is 3.70. The minimum absolute atomic E-state index is 0.0362. The third-order valence-electron chi connectivity index (χ3n) is 4.65. The molecule has 0 aliphatic carbocycles. The molecular formula is C12H22N2O3. The van der Waals surface area contributed by atoms with Crippen LogP contribution in [0.4, 0.5) is 0 Å². The van der Waals surface area contributed by atoms with Gasteiger partial charge in [0.15, 0.2) is 0 Å². The number of rotatable bonds is 1. The first-order chi connectivity index (χ1) is 8.18. The van der Waals surface area contributed by atoms with Gasteiger partial charge >= 0.3 is 0 Å². The molecule has 5 heteroatoms. The van der Waals surface area contributed by atoms with Crippen molar-refractivity contribution < 1.29 is 15.3 Å². The topological polar surface area (TPSA) is 67.2 Å². The highest BCUT2D eigenvalue weighted by Crippen LogP contribution is 2.31. The van der Waals surface area contributed by atoms with E-state index < -0.39 is 18.3 Å². The van der Waals surface area contributed by atoms with E-state index in [2.05, 4.69) is 9.80 Å². The van der Waals surface area contributed by atoms with Gasteiger partial charge in [0.2, 0.25) is 0 Å². The predicted octanol–water partition coefficient (Wildman–Crippen LogP) is -1.38. The van der Waals surface area contributed by atoms with E-state index in [0.717, 1.165) is 26.2 Å². The Labute approximate surface area is 102 Å². The normalized spacial score (nSPS) is 48.5. The molecule has 0 aromatic carbocycles. The first-order valence-corrected chi connectivity index (χ1v) is 6.71. The van der Waals surface area contributed by atoms with Gasteiger partial charge in [-0.25, -0.2) is 0 Å². The molecule has 0 aromatic rings. The van der Waals surface area contributed by atoms with Gasteiger partial charge in [0, 0.05) is 13.1 Å². The van der Waals surface area contributed by atoms with Crippen molar-refractivity contribution in [1.29, 1.82) is 0 Å². The zero-order valence-corrected chi connectivity index (χ0v) is 10.1. The van der Waals surface area contributed by atoms with Crippen LogP contribution in [0, 0.1) is 0 Å². The molecule has 3 aliphatic rings. The summed E-state index contributed by atoms with van der Waals surface area (Å²) in [6.07, 6.45) is 1.06. The standard InChI is InChI=1S/C12H22N2O3/c15-9-3-6-14-7-8(13-4-1-2-5-13)11(16)12(17)10(9)14/h8-12,15-17H,1-7H2/t8-,9-,10+,11+,12+/m0/s1. The fourth-order valence-electron chi connectivity index (χ4n) is 3.70. The Hall–Kier alpha value is -0.200. The van der Waals surface area contributed by atoms with Crippen molar-refractivity contribution in [3.8, 4) is 0 Å². The van der Waals surface area contributed by atoms with E-state index in [4.69, 9.17) is 0 Å². The van der Waals surface area contributed by atoms with Gasteiger partial charge in [-0.05, 0) is 32.4 Å². The van der Waals surface area contributed by atoms with Crippen LogP contribution < -0.4 is 0 Å². The Kier molecular flexibility index (Phi) is 3.13. The summed E-state index contributed by atoms with van der Waals surface area (Å²) in [6.45, 7) is 3.66. The number of aliphatic hydroxyl groups excluding tert-OH is 3. The maximum absolute atomic E-state index is 10.2. The maximum Gasteiger partial charge on any atom is 0.0994 e. The summed E-state index contributed by atoms with van der Waals surface area (Å²) >= 11 is 0. The van der Waals surface area contributed by atoms with Crippen molar-refractivity contribution in [1.82, 2.24) is 9.80 Å². The van der Waals surface area contributed by atoms with Crippen LogP contribution in [0.3, 0.4) is 0 Å². The average molecular weight is 242 g/mol. The summed E-state index contributed by atoms with van der Waals surface area (Å²) in [7, 11) is 0. The van der Waals surface area contributed by atoms with Crippen LogP contribution in [-0.4, -0.2) is 81.7 Å². The quantitative estimate of drug-likeness (QED) is 0.529. The Morgan fingerprint density at radius 1 is 0.824 bits per heavy atom. The Balaban J connectivity index is 1.75. The second kappa shape index (κ2) is 4.48. The molecule has 0 radical (unpaired) electrons. The lowest BCUT2D eigenvalue weighted by molar-refractivity contribution is -0.122. The van der Waals surface area contributed by atoms with Crippen LogP contribution in [0.25, 0.3) is 0 Å². The van der Waals surface area contributed by atoms with Crippen LogP contribution in [-0.2, 0) is 0 Å². The molecule has 3 N–H and O–H groups in total. The smallest absolute Gasteiger partial charge is 0.0994 e. The number of piperidine rings is 1. The summed E-state index contributed by atoms with van der Waals surface area (Å²) < 4.78 is 0. The third-order valence-corrected chi connectivity index (χ3v) is 4.65. The second-order valence-corrected chi connectivity index (χ2v) is 5.63. The maximum atomic E-state index is 10.2. The van der Waals surface area contributed by atoms with Crippen molar-refractivity contribution in [3.63, 3.8) is 0 Å². The highest BCUT2D eigenvalue weighted by Gasteiger charge is 2.49. The summed E-state index contributed by atoms with van der Waals surface area (Å²) in [5, 5.41) is 30.2. The Bertz CT molecular complexity index is 283. The first-order valence-electron chi connectivity index (χ1n) is 6.71. The van der Waals surface area contributed by atoms with Crippen molar-refractivity contribution >= 4 is 0 Å². The Morgan fingerprint density at radius 2 is 1.53 bits per heavy atom. The molecule has 3 saturated heterocycles. The van der Waals surface area contributed by atoms with Gasteiger partial charge in [-0.3, -0.25) is 9.80 Å². The van der Waals surface area contributed by atoms with E-state index in [1.165, 1.54) is 12.8 Å². The molecule has 0 saturated carbocycles. The predicted molar refractivity (Wildman–Crippen MR) is 62.6 cm³/mol. The van der Waals surface area contributed by atoms with Gasteiger partial charge in [0.1, 0.15) is 0 Å². The molecule has 3 rings (SSSR count). The minimum Gasteiger partial charge on any atom is -0.391 e. The molecule has 0 aromatic heterocycles. The number of fused-ring (bicyclic) bond motifs is 1. The zero-order valence-electron chi connectivity index (χ0n) is 10.1. The van der Waals surface area contributed by atoms with E-state index in [-0.39, 0.29) is 12.1 Å². The number of nitrogens with zero attached hydrogens (tertiary/aromatic N) is 2. The first kappa shape index (κ1) is 11.9. The molecule has 0 unspecified atom stereocenters. The summed E-state index contributed by atoms with van der Waals surface area (Å²) in [4.78, 5) is 4.43. The van der Waals surface area contributed by atoms with Crippen molar-refractivity contribution in [2.24, 2.45) is 0 Å². The lowest BCUT2D eigenvalue weighted by Gasteiger charge is -2.46. The molecule has 0 bridgehead atoms. The average Bonchev–Trinajstić information content (AvgIpc) is 2.93. The summed E-state index contributed by atoms with van der Waals surface area (Å²) in [5.41, 5.74) is 0. The highest BCUT2D eigenvalue weighted by molar-refractivity contribution is 5.04. The number of hydrogen-bond donors (Lipinski definition) is 3. The lowest BCUT2D eigenvalue weighted by atomic mass is 9.90. The van der Waals surface area contributed by atoms with Crippen LogP contribution in [0.1, 0.15) is 19.3 Å². The fraction of sp³-hybridized carbons (Fsp3) is 1.00. The molecule has 17 heavy (non-hydrogen) atoms.